The van der Waals surface area contributed by atoms with Crippen molar-refractivity contribution in [2.24, 2.45) is 0 Å². The van der Waals surface area contributed by atoms with Crippen LogP contribution in [0.1, 0.15) is 24.2 Å². The van der Waals surface area contributed by atoms with Gasteiger partial charge in [-0.3, -0.25) is 4.79 Å². The maximum atomic E-state index is 12.4. The molecule has 4 nitrogen and oxygen atoms in total. The molecule has 2 aromatic rings. The first-order chi connectivity index (χ1) is 11.6. The number of hydrogen-bond acceptors (Lipinski definition) is 3. The third-order valence-electron chi connectivity index (χ3n) is 3.80. The monoisotopic (exact) mass is 390 g/mol. The van der Waals surface area contributed by atoms with E-state index in [-0.39, 0.29) is 5.91 Å². The molecule has 128 valence electrons. The summed E-state index contributed by atoms with van der Waals surface area (Å²) in [6, 6.07) is 14.8. The van der Waals surface area contributed by atoms with E-state index >= 15 is 0 Å². The van der Waals surface area contributed by atoms with Gasteiger partial charge in [-0.25, -0.2) is 0 Å². The predicted octanol–water partition coefficient (Wildman–Crippen LogP) is 4.42. The van der Waals surface area contributed by atoms with Crippen LogP contribution in [0.15, 0.2) is 53.0 Å². The molecule has 0 bridgehead atoms. The summed E-state index contributed by atoms with van der Waals surface area (Å²) in [6.07, 6.45) is 0. The maximum absolute atomic E-state index is 12.4. The lowest BCUT2D eigenvalue weighted by atomic mass is 10.2. The predicted molar refractivity (Wildman–Crippen MR) is 102 cm³/mol. The molecule has 0 spiro atoms. The highest BCUT2D eigenvalue weighted by Gasteiger charge is 2.10. The molecule has 24 heavy (non-hydrogen) atoms. The van der Waals surface area contributed by atoms with Crippen molar-refractivity contribution in [1.82, 2.24) is 4.90 Å². The molecule has 1 amide bonds. The minimum Gasteiger partial charge on any atom is -0.490 e. The van der Waals surface area contributed by atoms with Crippen LogP contribution in [0.5, 0.6) is 5.75 Å². The molecule has 0 saturated heterocycles. The third-order valence-corrected chi connectivity index (χ3v) is 4.33. The van der Waals surface area contributed by atoms with Crippen LogP contribution in [0.4, 0.5) is 5.69 Å². The smallest absolute Gasteiger partial charge is 0.255 e. The van der Waals surface area contributed by atoms with Crippen LogP contribution in [0.2, 0.25) is 0 Å². The van der Waals surface area contributed by atoms with Gasteiger partial charge >= 0.3 is 0 Å². The molecular weight excluding hydrogens is 368 g/mol. The van der Waals surface area contributed by atoms with E-state index in [4.69, 9.17) is 4.74 Å². The molecule has 0 aromatic heterocycles. The number of ether oxygens (including phenoxy) is 1. The number of benzene rings is 2. The van der Waals surface area contributed by atoms with Crippen molar-refractivity contribution in [3.8, 4) is 5.75 Å². The number of amides is 1. The van der Waals surface area contributed by atoms with Crippen LogP contribution in [0.25, 0.3) is 0 Å². The lowest BCUT2D eigenvalue weighted by Gasteiger charge is -2.19. The van der Waals surface area contributed by atoms with Crippen molar-refractivity contribution < 1.29 is 9.53 Å². The van der Waals surface area contributed by atoms with Crippen molar-refractivity contribution >= 4 is 27.5 Å². The highest BCUT2D eigenvalue weighted by atomic mass is 79.9. The lowest BCUT2D eigenvalue weighted by molar-refractivity contribution is 0.102. The number of nitrogens with one attached hydrogen (secondary N) is 1. The van der Waals surface area contributed by atoms with E-state index in [1.165, 1.54) is 0 Å². The Morgan fingerprint density at radius 1 is 1.08 bits per heavy atom. The zero-order valence-corrected chi connectivity index (χ0v) is 15.7. The summed E-state index contributed by atoms with van der Waals surface area (Å²) >= 11 is 3.37. The molecule has 0 heterocycles. The van der Waals surface area contributed by atoms with Crippen LogP contribution >= 0.6 is 15.9 Å². The van der Waals surface area contributed by atoms with Crippen molar-refractivity contribution in [3.63, 3.8) is 0 Å². The number of likely N-dealkylation sites (N-methyl/N-ethyl adjacent to an activating group) is 1. The Hall–Kier alpha value is -1.85. The first-order valence-corrected chi connectivity index (χ1v) is 8.94. The van der Waals surface area contributed by atoms with Gasteiger partial charge in [0, 0.05) is 16.6 Å². The van der Waals surface area contributed by atoms with E-state index in [0.29, 0.717) is 23.6 Å². The summed E-state index contributed by atoms with van der Waals surface area (Å²) in [4.78, 5) is 14.7. The van der Waals surface area contributed by atoms with Gasteiger partial charge in [0.25, 0.3) is 5.91 Å². The van der Waals surface area contributed by atoms with Crippen LogP contribution in [-0.2, 0) is 0 Å². The number of rotatable bonds is 8. The summed E-state index contributed by atoms with van der Waals surface area (Å²) in [7, 11) is 0. The normalized spacial score (nSPS) is 10.7. The number of hydrogen-bond donors (Lipinski definition) is 1. The van der Waals surface area contributed by atoms with Crippen molar-refractivity contribution in [2.45, 2.75) is 13.8 Å². The van der Waals surface area contributed by atoms with Gasteiger partial charge in [-0.1, -0.05) is 41.9 Å². The first kappa shape index (κ1) is 18.5. The van der Waals surface area contributed by atoms with E-state index < -0.39 is 0 Å². The van der Waals surface area contributed by atoms with Gasteiger partial charge in [0.2, 0.25) is 0 Å². The number of carbonyl (C=O) groups excluding carboxylic acids is 1. The quantitative estimate of drug-likeness (QED) is 0.724. The van der Waals surface area contributed by atoms with Gasteiger partial charge in [0.05, 0.1) is 5.69 Å². The summed E-state index contributed by atoms with van der Waals surface area (Å²) < 4.78 is 6.81. The van der Waals surface area contributed by atoms with Gasteiger partial charge < -0.3 is 15.0 Å². The number of anilines is 1. The average Bonchev–Trinajstić information content (AvgIpc) is 2.60. The highest BCUT2D eigenvalue weighted by molar-refractivity contribution is 9.10. The Morgan fingerprint density at radius 2 is 1.75 bits per heavy atom. The molecule has 2 aromatic carbocycles. The maximum Gasteiger partial charge on any atom is 0.255 e. The number of halogens is 1. The Kier molecular flexibility index (Phi) is 7.28. The molecule has 0 aliphatic rings. The summed E-state index contributed by atoms with van der Waals surface area (Å²) in [5.41, 5.74) is 1.29. The standard InChI is InChI=1S/C19H23BrN2O2/c1-3-22(4-2)13-14-24-18-8-6-5-7-17(18)21-19(23)15-9-11-16(20)12-10-15/h5-12H,3-4,13-14H2,1-2H3,(H,21,23). The van der Waals surface area contributed by atoms with Crippen LogP contribution in [0, 0.1) is 0 Å². The van der Waals surface area contributed by atoms with E-state index in [1.54, 1.807) is 12.1 Å². The Labute approximate surface area is 151 Å². The zero-order valence-electron chi connectivity index (χ0n) is 14.1. The van der Waals surface area contributed by atoms with Crippen LogP contribution in [0.3, 0.4) is 0 Å². The second-order valence-electron chi connectivity index (χ2n) is 5.33. The summed E-state index contributed by atoms with van der Waals surface area (Å²) in [5.74, 6) is 0.539. The topological polar surface area (TPSA) is 41.6 Å². The average molecular weight is 391 g/mol. The van der Waals surface area contributed by atoms with Crippen molar-refractivity contribution in [3.05, 3.63) is 58.6 Å². The zero-order chi connectivity index (χ0) is 17.4. The van der Waals surface area contributed by atoms with Crippen molar-refractivity contribution in [1.29, 1.82) is 0 Å². The van der Waals surface area contributed by atoms with Crippen molar-refractivity contribution in [2.75, 3.05) is 31.6 Å². The Balaban J connectivity index is 2.00. The van der Waals surface area contributed by atoms with E-state index in [9.17, 15) is 4.79 Å². The van der Waals surface area contributed by atoms with Gasteiger partial charge in [-0.2, -0.15) is 0 Å². The van der Waals surface area contributed by atoms with Crippen LogP contribution < -0.4 is 10.1 Å². The molecule has 2 rings (SSSR count). The number of nitrogens with zero attached hydrogens (tertiary/aromatic N) is 1. The Bertz CT molecular complexity index is 655. The first-order valence-electron chi connectivity index (χ1n) is 8.15. The third kappa shape index (κ3) is 5.35. The highest BCUT2D eigenvalue weighted by Crippen LogP contribution is 2.24. The molecule has 0 aliphatic heterocycles. The largest absolute Gasteiger partial charge is 0.490 e. The fourth-order valence-electron chi connectivity index (χ4n) is 2.32. The summed E-state index contributed by atoms with van der Waals surface area (Å²) in [6.45, 7) is 7.73. The minimum absolute atomic E-state index is 0.151. The molecule has 0 fully saturated rings. The summed E-state index contributed by atoms with van der Waals surface area (Å²) in [5, 5.41) is 2.92. The van der Waals surface area contributed by atoms with Gasteiger partial charge in [0.1, 0.15) is 12.4 Å². The Morgan fingerprint density at radius 3 is 2.42 bits per heavy atom. The molecular formula is C19H23BrN2O2. The van der Waals surface area contributed by atoms with Crippen LogP contribution in [-0.4, -0.2) is 37.0 Å². The van der Waals surface area contributed by atoms with E-state index in [2.05, 4.69) is 40.0 Å². The fraction of sp³-hybridized carbons (Fsp3) is 0.316. The van der Waals surface area contributed by atoms with Gasteiger partial charge in [-0.15, -0.1) is 0 Å². The molecule has 0 radical (unpaired) electrons. The van der Waals surface area contributed by atoms with Gasteiger partial charge in [0.15, 0.2) is 0 Å². The molecule has 0 saturated carbocycles. The molecule has 5 heteroatoms. The number of para-hydroxylation sites is 2. The molecule has 0 atom stereocenters. The number of carbonyl (C=O) groups is 1. The lowest BCUT2D eigenvalue weighted by Crippen LogP contribution is -2.28. The molecule has 0 aliphatic carbocycles. The molecule has 0 unspecified atom stereocenters. The van der Waals surface area contributed by atoms with Gasteiger partial charge in [-0.05, 0) is 49.5 Å². The molecule has 1 N–H and O–H groups in total. The SMILES string of the molecule is CCN(CC)CCOc1ccccc1NC(=O)c1ccc(Br)cc1. The second kappa shape index (κ2) is 9.45. The van der Waals surface area contributed by atoms with E-state index in [0.717, 1.165) is 24.1 Å². The second-order valence-corrected chi connectivity index (χ2v) is 6.25. The van der Waals surface area contributed by atoms with E-state index in [1.807, 2.05) is 36.4 Å². The minimum atomic E-state index is -0.151. The fourth-order valence-corrected chi connectivity index (χ4v) is 2.58.